The second-order valence-corrected chi connectivity index (χ2v) is 7.35. The molecule has 152 valence electrons. The van der Waals surface area contributed by atoms with Crippen LogP contribution in [0, 0.1) is 0 Å². The average Bonchev–Trinajstić information content (AvgIpc) is 3.26. The predicted octanol–water partition coefficient (Wildman–Crippen LogP) is 2.13. The Labute approximate surface area is 169 Å². The van der Waals surface area contributed by atoms with E-state index in [-0.39, 0.29) is 12.5 Å². The zero-order valence-corrected chi connectivity index (χ0v) is 16.5. The number of nitrogens with one attached hydrogen (secondary N) is 1. The van der Waals surface area contributed by atoms with Crippen molar-refractivity contribution in [3.8, 4) is 16.9 Å². The molecule has 1 fully saturated rings. The first-order chi connectivity index (χ1) is 14.1. The fourth-order valence-corrected chi connectivity index (χ4v) is 3.79. The van der Waals surface area contributed by atoms with Crippen LogP contribution in [0.1, 0.15) is 6.92 Å². The standard InChI is InChI=1S/C22H26N4O3/c1-2-26-8-7-25(14-22(26)28)13-18(27)15-29-19-9-16-5-3-4-6-20(16)21(10-19)17-11-23-24-12-17/h3-6,9-12,18,27H,2,7-8,13-15H2,1H3,(H,23,24). The summed E-state index contributed by atoms with van der Waals surface area (Å²) in [4.78, 5) is 15.9. The van der Waals surface area contributed by atoms with Crippen LogP contribution < -0.4 is 4.74 Å². The number of aliphatic hydroxyl groups excluding tert-OH is 1. The highest BCUT2D eigenvalue weighted by atomic mass is 16.5. The lowest BCUT2D eigenvalue weighted by Crippen LogP contribution is -2.52. The van der Waals surface area contributed by atoms with Gasteiger partial charge < -0.3 is 14.7 Å². The minimum atomic E-state index is -0.667. The lowest BCUT2D eigenvalue weighted by molar-refractivity contribution is -0.136. The van der Waals surface area contributed by atoms with Gasteiger partial charge in [0.25, 0.3) is 0 Å². The molecule has 7 nitrogen and oxygen atoms in total. The summed E-state index contributed by atoms with van der Waals surface area (Å²) in [5.74, 6) is 0.817. The van der Waals surface area contributed by atoms with Gasteiger partial charge in [-0.25, -0.2) is 0 Å². The summed E-state index contributed by atoms with van der Waals surface area (Å²) in [7, 11) is 0. The van der Waals surface area contributed by atoms with E-state index in [9.17, 15) is 9.90 Å². The summed E-state index contributed by atoms with van der Waals surface area (Å²) >= 11 is 0. The summed E-state index contributed by atoms with van der Waals surface area (Å²) in [6.45, 7) is 5.15. The Kier molecular flexibility index (Phi) is 5.78. The molecule has 2 heterocycles. The minimum Gasteiger partial charge on any atom is -0.491 e. The van der Waals surface area contributed by atoms with Gasteiger partial charge in [-0.2, -0.15) is 5.10 Å². The predicted molar refractivity (Wildman–Crippen MR) is 112 cm³/mol. The van der Waals surface area contributed by atoms with Crippen LogP contribution in [-0.4, -0.2) is 76.4 Å². The van der Waals surface area contributed by atoms with E-state index in [1.165, 1.54) is 0 Å². The molecule has 4 rings (SSSR count). The number of ether oxygens (including phenoxy) is 1. The second kappa shape index (κ2) is 8.63. The van der Waals surface area contributed by atoms with Crippen molar-refractivity contribution in [3.63, 3.8) is 0 Å². The number of benzene rings is 2. The molecule has 0 bridgehead atoms. The molecule has 7 heteroatoms. The Balaban J connectivity index is 1.43. The van der Waals surface area contributed by atoms with Crippen molar-refractivity contribution < 1.29 is 14.6 Å². The van der Waals surface area contributed by atoms with Crippen LogP contribution in [0.4, 0.5) is 0 Å². The van der Waals surface area contributed by atoms with Crippen molar-refractivity contribution in [2.45, 2.75) is 13.0 Å². The molecular weight excluding hydrogens is 368 g/mol. The molecule has 1 aliphatic heterocycles. The number of nitrogens with zero attached hydrogens (tertiary/aromatic N) is 3. The van der Waals surface area contributed by atoms with E-state index < -0.39 is 6.10 Å². The Morgan fingerprint density at radius 3 is 2.90 bits per heavy atom. The van der Waals surface area contributed by atoms with E-state index in [0.717, 1.165) is 35.0 Å². The first-order valence-electron chi connectivity index (χ1n) is 9.97. The summed E-state index contributed by atoms with van der Waals surface area (Å²) in [5, 5.41) is 19.5. The number of aromatic nitrogens is 2. The van der Waals surface area contributed by atoms with Gasteiger partial charge in [-0.05, 0) is 35.4 Å². The molecule has 2 aromatic carbocycles. The maximum absolute atomic E-state index is 12.0. The number of carbonyl (C=O) groups is 1. The Hall–Kier alpha value is -2.90. The Bertz CT molecular complexity index is 973. The number of rotatable bonds is 7. The maximum atomic E-state index is 12.0. The number of piperazine rings is 1. The lowest BCUT2D eigenvalue weighted by atomic mass is 10.00. The molecule has 0 saturated carbocycles. The fourth-order valence-electron chi connectivity index (χ4n) is 3.79. The molecule has 1 atom stereocenters. The quantitative estimate of drug-likeness (QED) is 0.642. The summed E-state index contributed by atoms with van der Waals surface area (Å²) in [5.41, 5.74) is 2.02. The smallest absolute Gasteiger partial charge is 0.236 e. The van der Waals surface area contributed by atoms with E-state index >= 15 is 0 Å². The number of hydrogen-bond acceptors (Lipinski definition) is 5. The fraction of sp³-hybridized carbons (Fsp3) is 0.364. The topological polar surface area (TPSA) is 81.7 Å². The SMILES string of the molecule is CCN1CCN(CC(O)COc2cc(-c3cn[nH]c3)c3ccccc3c2)CC1=O. The molecule has 1 saturated heterocycles. The third kappa shape index (κ3) is 4.41. The van der Waals surface area contributed by atoms with Crippen LogP contribution in [0.3, 0.4) is 0 Å². The number of β-amino-alcohol motifs (C(OH)–C–C–N with tert-alkyl or cyclic N) is 1. The van der Waals surface area contributed by atoms with Gasteiger partial charge in [0.05, 0.1) is 12.7 Å². The van der Waals surface area contributed by atoms with Gasteiger partial charge in [0.1, 0.15) is 18.5 Å². The summed E-state index contributed by atoms with van der Waals surface area (Å²) < 4.78 is 5.92. The van der Waals surface area contributed by atoms with Crippen LogP contribution >= 0.6 is 0 Å². The number of likely N-dealkylation sites (N-methyl/N-ethyl adjacent to an activating group) is 1. The van der Waals surface area contributed by atoms with Crippen molar-refractivity contribution >= 4 is 16.7 Å². The molecule has 3 aromatic rings. The van der Waals surface area contributed by atoms with Crippen LogP contribution in [0.25, 0.3) is 21.9 Å². The Morgan fingerprint density at radius 1 is 1.28 bits per heavy atom. The molecule has 0 radical (unpaired) electrons. The monoisotopic (exact) mass is 394 g/mol. The van der Waals surface area contributed by atoms with Crippen LogP contribution in [0.15, 0.2) is 48.8 Å². The van der Waals surface area contributed by atoms with E-state index in [1.54, 1.807) is 6.20 Å². The third-order valence-corrected chi connectivity index (χ3v) is 5.34. The van der Waals surface area contributed by atoms with Crippen LogP contribution in [0.5, 0.6) is 5.75 Å². The highest BCUT2D eigenvalue weighted by molar-refractivity contribution is 5.97. The first kappa shape index (κ1) is 19.4. The number of amides is 1. The van der Waals surface area contributed by atoms with E-state index in [1.807, 2.05) is 53.3 Å². The molecule has 1 aliphatic rings. The minimum absolute atomic E-state index is 0.117. The molecular formula is C22H26N4O3. The molecule has 29 heavy (non-hydrogen) atoms. The van der Waals surface area contributed by atoms with Gasteiger partial charge in [-0.1, -0.05) is 24.3 Å². The summed E-state index contributed by atoms with van der Waals surface area (Å²) in [6.07, 6.45) is 2.97. The largest absolute Gasteiger partial charge is 0.491 e. The number of aromatic amines is 1. The molecule has 1 unspecified atom stereocenters. The average molecular weight is 394 g/mol. The molecule has 0 aliphatic carbocycles. The molecule has 1 aromatic heterocycles. The zero-order chi connectivity index (χ0) is 20.2. The highest BCUT2D eigenvalue weighted by Gasteiger charge is 2.24. The number of H-pyrrole nitrogens is 1. The number of hydrogen-bond donors (Lipinski definition) is 2. The maximum Gasteiger partial charge on any atom is 0.236 e. The number of aliphatic hydroxyl groups is 1. The van der Waals surface area contributed by atoms with Crippen molar-refractivity contribution in [1.29, 1.82) is 0 Å². The second-order valence-electron chi connectivity index (χ2n) is 7.35. The third-order valence-electron chi connectivity index (χ3n) is 5.34. The normalized spacial score (nSPS) is 16.3. The zero-order valence-electron chi connectivity index (χ0n) is 16.5. The number of carbonyl (C=O) groups excluding carboxylic acids is 1. The van der Waals surface area contributed by atoms with Crippen LogP contribution in [0.2, 0.25) is 0 Å². The van der Waals surface area contributed by atoms with Gasteiger partial charge in [0, 0.05) is 37.9 Å². The van der Waals surface area contributed by atoms with Gasteiger partial charge in [0.2, 0.25) is 5.91 Å². The van der Waals surface area contributed by atoms with E-state index in [4.69, 9.17) is 4.74 Å². The van der Waals surface area contributed by atoms with Crippen LogP contribution in [-0.2, 0) is 4.79 Å². The van der Waals surface area contributed by atoms with Gasteiger partial charge in [-0.3, -0.25) is 14.8 Å². The van der Waals surface area contributed by atoms with Crippen molar-refractivity contribution in [2.24, 2.45) is 0 Å². The van der Waals surface area contributed by atoms with E-state index in [2.05, 4.69) is 16.3 Å². The molecule has 0 spiro atoms. The Morgan fingerprint density at radius 2 is 2.14 bits per heavy atom. The van der Waals surface area contributed by atoms with Crippen molar-refractivity contribution in [1.82, 2.24) is 20.0 Å². The molecule has 1 amide bonds. The van der Waals surface area contributed by atoms with Gasteiger partial charge in [0.15, 0.2) is 0 Å². The lowest BCUT2D eigenvalue weighted by Gasteiger charge is -2.34. The van der Waals surface area contributed by atoms with Crippen molar-refractivity contribution in [2.75, 3.05) is 39.3 Å². The molecule has 2 N–H and O–H groups in total. The van der Waals surface area contributed by atoms with Gasteiger partial charge >= 0.3 is 0 Å². The highest BCUT2D eigenvalue weighted by Crippen LogP contribution is 2.32. The van der Waals surface area contributed by atoms with Crippen molar-refractivity contribution in [3.05, 3.63) is 48.8 Å². The summed E-state index contributed by atoms with van der Waals surface area (Å²) in [6, 6.07) is 12.1. The first-order valence-corrected chi connectivity index (χ1v) is 9.97. The van der Waals surface area contributed by atoms with Gasteiger partial charge in [-0.15, -0.1) is 0 Å². The number of fused-ring (bicyclic) bond motifs is 1. The van der Waals surface area contributed by atoms with E-state index in [0.29, 0.717) is 25.4 Å².